The van der Waals surface area contributed by atoms with Crippen molar-refractivity contribution in [1.82, 2.24) is 20.2 Å². The molecule has 1 N–H and O–H groups in total. The highest BCUT2D eigenvalue weighted by atomic mass is 32.2. The molecule has 0 fully saturated rings. The highest BCUT2D eigenvalue weighted by Crippen LogP contribution is 2.31. The van der Waals surface area contributed by atoms with Gasteiger partial charge in [-0.25, -0.2) is 5.43 Å². The number of carbonyl (C=O) groups excluding carboxylic acids is 1. The minimum absolute atomic E-state index is 0.0533. The molecule has 0 atom stereocenters. The Bertz CT molecular complexity index is 1460. The van der Waals surface area contributed by atoms with E-state index in [0.29, 0.717) is 28.0 Å². The molecule has 4 aromatic rings. The van der Waals surface area contributed by atoms with Crippen LogP contribution >= 0.6 is 11.8 Å². The molecule has 0 aliphatic heterocycles. The van der Waals surface area contributed by atoms with Crippen LogP contribution < -0.4 is 14.9 Å². The van der Waals surface area contributed by atoms with Crippen molar-refractivity contribution in [2.45, 2.75) is 38.3 Å². The normalized spacial score (nSPS) is 11.5. The van der Waals surface area contributed by atoms with Crippen molar-refractivity contribution in [3.8, 4) is 28.6 Å². The summed E-state index contributed by atoms with van der Waals surface area (Å²) in [5.41, 5.74) is 7.58. The second kappa shape index (κ2) is 12.2. The number of nitrogens with one attached hydrogen (secondary N) is 1. The molecule has 0 unspecified atom stereocenters. The number of hydrazone groups is 1. The second-order valence-corrected chi connectivity index (χ2v) is 10.9. The Balaban J connectivity index is 1.53. The average Bonchev–Trinajstić information content (AvgIpc) is 3.35. The number of benzene rings is 3. The third-order valence-electron chi connectivity index (χ3n) is 6.09. The first-order valence-electron chi connectivity index (χ1n) is 12.5. The second-order valence-electron chi connectivity index (χ2n) is 9.97. The number of amides is 1. The zero-order valence-electron chi connectivity index (χ0n) is 23.1. The van der Waals surface area contributed by atoms with E-state index in [1.54, 1.807) is 20.3 Å². The summed E-state index contributed by atoms with van der Waals surface area (Å²) in [5, 5.41) is 13.6. The van der Waals surface area contributed by atoms with Crippen LogP contribution in [0.1, 0.15) is 37.5 Å². The number of methoxy groups -OCH3 is 2. The van der Waals surface area contributed by atoms with Crippen LogP contribution in [-0.4, -0.2) is 46.9 Å². The fourth-order valence-corrected chi connectivity index (χ4v) is 4.69. The zero-order chi connectivity index (χ0) is 28.0. The molecule has 0 saturated heterocycles. The van der Waals surface area contributed by atoms with E-state index in [0.717, 1.165) is 16.8 Å². The van der Waals surface area contributed by atoms with Crippen molar-refractivity contribution in [3.05, 3.63) is 83.4 Å². The zero-order valence-corrected chi connectivity index (χ0v) is 23.9. The van der Waals surface area contributed by atoms with Crippen molar-refractivity contribution in [2.24, 2.45) is 5.10 Å². The van der Waals surface area contributed by atoms with Crippen LogP contribution in [0.2, 0.25) is 0 Å². The molecular formula is C30H33N5O3S. The lowest BCUT2D eigenvalue weighted by molar-refractivity contribution is -0.118. The smallest absolute Gasteiger partial charge is 0.250 e. The number of thioether (sulfide) groups is 1. The molecule has 9 heteroatoms. The van der Waals surface area contributed by atoms with E-state index in [-0.39, 0.29) is 17.1 Å². The van der Waals surface area contributed by atoms with Crippen LogP contribution in [0.15, 0.2) is 77.0 Å². The number of ether oxygens (including phenoxy) is 2. The Labute approximate surface area is 233 Å². The number of aromatic nitrogens is 3. The van der Waals surface area contributed by atoms with Gasteiger partial charge in [0, 0.05) is 16.8 Å². The van der Waals surface area contributed by atoms with E-state index < -0.39 is 0 Å². The maximum atomic E-state index is 12.6. The Kier molecular flexibility index (Phi) is 8.71. The van der Waals surface area contributed by atoms with Crippen molar-refractivity contribution >= 4 is 23.9 Å². The van der Waals surface area contributed by atoms with Gasteiger partial charge in [-0.3, -0.25) is 9.36 Å². The largest absolute Gasteiger partial charge is 0.493 e. The fourth-order valence-electron chi connectivity index (χ4n) is 3.95. The number of rotatable bonds is 9. The van der Waals surface area contributed by atoms with Crippen molar-refractivity contribution in [1.29, 1.82) is 0 Å². The number of carbonyl (C=O) groups is 1. The lowest BCUT2D eigenvalue weighted by atomic mass is 9.87. The third-order valence-corrected chi connectivity index (χ3v) is 7.02. The number of hydrogen-bond acceptors (Lipinski definition) is 7. The SMILES string of the molecule is COc1cccc(/C=N/NC(=O)CSc2nnc(-c3ccc(C(C)(C)C)cc3)n2-c2ccc(C)cc2)c1OC. The number of nitrogens with zero attached hydrogens (tertiary/aromatic N) is 4. The lowest BCUT2D eigenvalue weighted by Crippen LogP contribution is -2.20. The summed E-state index contributed by atoms with van der Waals surface area (Å²) in [6.45, 7) is 8.61. The summed E-state index contributed by atoms with van der Waals surface area (Å²) in [6.07, 6.45) is 1.53. The fraction of sp³-hybridized carbons (Fsp3) is 0.267. The van der Waals surface area contributed by atoms with Gasteiger partial charge in [-0.1, -0.05) is 80.6 Å². The Morgan fingerprint density at radius 3 is 2.36 bits per heavy atom. The van der Waals surface area contributed by atoms with Crippen molar-refractivity contribution in [2.75, 3.05) is 20.0 Å². The number of hydrogen-bond donors (Lipinski definition) is 1. The van der Waals surface area contributed by atoms with Gasteiger partial charge in [0.25, 0.3) is 5.91 Å². The Morgan fingerprint density at radius 2 is 1.72 bits per heavy atom. The minimum Gasteiger partial charge on any atom is -0.493 e. The molecule has 0 spiro atoms. The molecular weight excluding hydrogens is 510 g/mol. The molecule has 1 aromatic heterocycles. The predicted octanol–water partition coefficient (Wildman–Crippen LogP) is 5.80. The first-order valence-corrected chi connectivity index (χ1v) is 13.5. The summed E-state index contributed by atoms with van der Waals surface area (Å²) < 4.78 is 12.7. The van der Waals surface area contributed by atoms with Crippen LogP contribution in [0.25, 0.3) is 17.1 Å². The summed E-state index contributed by atoms with van der Waals surface area (Å²) in [7, 11) is 3.13. The van der Waals surface area contributed by atoms with Gasteiger partial charge >= 0.3 is 0 Å². The molecule has 8 nitrogen and oxygen atoms in total. The minimum atomic E-state index is -0.271. The lowest BCUT2D eigenvalue weighted by Gasteiger charge is -2.19. The van der Waals surface area contributed by atoms with Gasteiger partial charge in [0.15, 0.2) is 22.5 Å². The number of aryl methyl sites for hydroxylation is 1. The van der Waals surface area contributed by atoms with E-state index in [2.05, 4.69) is 65.8 Å². The topological polar surface area (TPSA) is 90.6 Å². The summed E-state index contributed by atoms with van der Waals surface area (Å²) in [4.78, 5) is 12.6. The highest BCUT2D eigenvalue weighted by Gasteiger charge is 2.19. The molecule has 0 saturated carbocycles. The first-order chi connectivity index (χ1) is 18.7. The summed E-state index contributed by atoms with van der Waals surface area (Å²) in [5.74, 6) is 1.68. The quantitative estimate of drug-likeness (QED) is 0.163. The van der Waals surface area contributed by atoms with Crippen LogP contribution in [0.4, 0.5) is 0 Å². The molecule has 0 aliphatic carbocycles. The van der Waals surface area contributed by atoms with E-state index in [1.165, 1.54) is 23.5 Å². The highest BCUT2D eigenvalue weighted by molar-refractivity contribution is 7.99. The third kappa shape index (κ3) is 6.67. The standard InChI is InChI=1S/C30H33N5O3S/c1-20-10-16-24(17-11-20)35-28(21-12-14-23(15-13-21)30(2,3)4)33-34-29(35)39-19-26(36)32-31-18-22-8-7-9-25(37-5)27(22)38-6/h7-18H,19H2,1-6H3,(H,32,36)/b31-18+. The predicted molar refractivity (Wildman–Crippen MR) is 156 cm³/mol. The van der Waals surface area contributed by atoms with Crippen molar-refractivity contribution < 1.29 is 14.3 Å². The molecule has 1 heterocycles. The van der Waals surface area contributed by atoms with Crippen molar-refractivity contribution in [3.63, 3.8) is 0 Å². The summed E-state index contributed by atoms with van der Waals surface area (Å²) >= 11 is 1.30. The molecule has 1 amide bonds. The van der Waals surface area contributed by atoms with E-state index in [4.69, 9.17) is 9.47 Å². The van der Waals surface area contributed by atoms with Gasteiger partial charge in [0.2, 0.25) is 0 Å². The van der Waals surface area contributed by atoms with Gasteiger partial charge in [0.05, 0.1) is 26.2 Å². The Hall–Kier alpha value is -4.11. The first kappa shape index (κ1) is 27.9. The Morgan fingerprint density at radius 1 is 1.00 bits per heavy atom. The molecule has 0 radical (unpaired) electrons. The van der Waals surface area contributed by atoms with Crippen LogP contribution in [0.5, 0.6) is 11.5 Å². The van der Waals surface area contributed by atoms with E-state index in [9.17, 15) is 4.79 Å². The number of para-hydroxylation sites is 1. The maximum absolute atomic E-state index is 12.6. The maximum Gasteiger partial charge on any atom is 0.250 e. The van der Waals surface area contributed by atoms with Crippen LogP contribution in [-0.2, 0) is 10.2 Å². The van der Waals surface area contributed by atoms with Gasteiger partial charge in [-0.15, -0.1) is 10.2 Å². The summed E-state index contributed by atoms with van der Waals surface area (Å²) in [6, 6.07) is 22.0. The van der Waals surface area contributed by atoms with E-state index >= 15 is 0 Å². The molecule has 4 rings (SSSR count). The molecule has 0 aliphatic rings. The van der Waals surface area contributed by atoms with Gasteiger partial charge in [-0.05, 0) is 42.2 Å². The van der Waals surface area contributed by atoms with Crippen LogP contribution in [0, 0.1) is 6.92 Å². The van der Waals surface area contributed by atoms with Gasteiger partial charge in [0.1, 0.15) is 0 Å². The molecule has 3 aromatic carbocycles. The van der Waals surface area contributed by atoms with E-state index in [1.807, 2.05) is 47.9 Å². The monoisotopic (exact) mass is 543 g/mol. The molecule has 39 heavy (non-hydrogen) atoms. The van der Waals surface area contributed by atoms with Gasteiger partial charge in [-0.2, -0.15) is 5.10 Å². The van der Waals surface area contributed by atoms with Gasteiger partial charge < -0.3 is 9.47 Å². The average molecular weight is 544 g/mol. The van der Waals surface area contributed by atoms with Crippen LogP contribution in [0.3, 0.4) is 0 Å². The molecule has 202 valence electrons. The molecule has 0 bridgehead atoms.